The van der Waals surface area contributed by atoms with Gasteiger partial charge in [-0.1, -0.05) is 6.07 Å². The van der Waals surface area contributed by atoms with E-state index in [2.05, 4.69) is 4.90 Å². The number of benzene rings is 1. The van der Waals surface area contributed by atoms with Crippen molar-refractivity contribution in [1.82, 2.24) is 4.90 Å². The van der Waals surface area contributed by atoms with Crippen molar-refractivity contribution in [2.75, 3.05) is 31.1 Å². The smallest absolute Gasteiger partial charge is 0.336 e. The van der Waals surface area contributed by atoms with Crippen molar-refractivity contribution in [3.63, 3.8) is 0 Å². The molecule has 0 radical (unpaired) electrons. The summed E-state index contributed by atoms with van der Waals surface area (Å²) >= 11 is 1.57. The number of amides is 1. The highest BCUT2D eigenvalue weighted by molar-refractivity contribution is 7.10. The molecule has 1 fully saturated rings. The highest BCUT2D eigenvalue weighted by Gasteiger charge is 2.18. The standard InChI is InChI=1S/C19H20N2O3S/c1-15(22)20-10-12-21(13-11-20)16-4-6-17(7-5-16)24-19(23)9-8-18-3-2-14-25-18/h2-9,14H,10-13H2,1H3/b9-8+. The first-order valence-electron chi connectivity index (χ1n) is 8.16. The van der Waals surface area contributed by atoms with E-state index in [0.717, 1.165) is 36.7 Å². The number of anilines is 1. The molecular weight excluding hydrogens is 336 g/mol. The van der Waals surface area contributed by atoms with E-state index in [4.69, 9.17) is 4.74 Å². The van der Waals surface area contributed by atoms with Gasteiger partial charge in [0.2, 0.25) is 5.91 Å². The van der Waals surface area contributed by atoms with Crippen LogP contribution in [0, 0.1) is 0 Å². The molecule has 130 valence electrons. The van der Waals surface area contributed by atoms with Crippen LogP contribution in [0.5, 0.6) is 5.75 Å². The first-order chi connectivity index (χ1) is 12.1. The Balaban J connectivity index is 1.54. The fraction of sp³-hybridized carbons (Fsp3) is 0.263. The van der Waals surface area contributed by atoms with E-state index >= 15 is 0 Å². The van der Waals surface area contributed by atoms with Crippen LogP contribution in [-0.4, -0.2) is 43.0 Å². The fourth-order valence-electron chi connectivity index (χ4n) is 2.69. The maximum Gasteiger partial charge on any atom is 0.336 e. The Bertz CT molecular complexity index is 745. The van der Waals surface area contributed by atoms with Gasteiger partial charge in [0.1, 0.15) is 5.75 Å². The van der Waals surface area contributed by atoms with Gasteiger partial charge < -0.3 is 14.5 Å². The second-order valence-corrected chi connectivity index (χ2v) is 6.74. The topological polar surface area (TPSA) is 49.9 Å². The monoisotopic (exact) mass is 356 g/mol. The Hall–Kier alpha value is -2.60. The molecule has 1 amide bonds. The van der Waals surface area contributed by atoms with E-state index in [0.29, 0.717) is 5.75 Å². The predicted molar refractivity (Wildman–Crippen MR) is 99.9 cm³/mol. The van der Waals surface area contributed by atoms with Gasteiger partial charge in [0.15, 0.2) is 0 Å². The van der Waals surface area contributed by atoms with Crippen molar-refractivity contribution in [2.45, 2.75) is 6.92 Å². The summed E-state index contributed by atoms with van der Waals surface area (Å²) in [5.41, 5.74) is 1.07. The lowest BCUT2D eigenvalue weighted by atomic mass is 10.2. The third kappa shape index (κ3) is 4.70. The van der Waals surface area contributed by atoms with Crippen LogP contribution in [0.25, 0.3) is 6.08 Å². The van der Waals surface area contributed by atoms with Gasteiger partial charge in [0.05, 0.1) is 0 Å². The summed E-state index contributed by atoms with van der Waals surface area (Å²) in [6, 6.07) is 11.3. The number of nitrogens with zero attached hydrogens (tertiary/aromatic N) is 2. The molecule has 1 aliphatic rings. The van der Waals surface area contributed by atoms with E-state index in [1.807, 2.05) is 34.5 Å². The van der Waals surface area contributed by atoms with Crippen LogP contribution in [0.15, 0.2) is 47.9 Å². The van der Waals surface area contributed by atoms with Crippen LogP contribution in [0.1, 0.15) is 11.8 Å². The molecule has 0 N–H and O–H groups in total. The van der Waals surface area contributed by atoms with Gasteiger partial charge in [0.25, 0.3) is 0 Å². The van der Waals surface area contributed by atoms with E-state index in [9.17, 15) is 9.59 Å². The molecule has 0 spiro atoms. The van der Waals surface area contributed by atoms with E-state index in [1.54, 1.807) is 36.5 Å². The highest BCUT2D eigenvalue weighted by Crippen LogP contribution is 2.21. The Labute approximate surface area is 151 Å². The summed E-state index contributed by atoms with van der Waals surface area (Å²) in [4.78, 5) is 28.3. The fourth-order valence-corrected chi connectivity index (χ4v) is 3.31. The molecule has 6 heteroatoms. The predicted octanol–water partition coefficient (Wildman–Crippen LogP) is 3.04. The third-order valence-electron chi connectivity index (χ3n) is 4.07. The van der Waals surface area contributed by atoms with Gasteiger partial charge in [-0.05, 0) is 41.8 Å². The van der Waals surface area contributed by atoms with Gasteiger partial charge in [-0.15, -0.1) is 11.3 Å². The number of ether oxygens (including phenoxy) is 1. The number of carbonyl (C=O) groups is 2. The van der Waals surface area contributed by atoms with Gasteiger partial charge in [0, 0.05) is 49.7 Å². The first-order valence-corrected chi connectivity index (χ1v) is 9.04. The lowest BCUT2D eigenvalue weighted by Gasteiger charge is -2.35. The normalized spacial score (nSPS) is 14.8. The Morgan fingerprint density at radius 3 is 2.40 bits per heavy atom. The molecule has 0 bridgehead atoms. The SMILES string of the molecule is CC(=O)N1CCN(c2ccc(OC(=O)/C=C/c3cccs3)cc2)CC1. The molecule has 0 atom stereocenters. The van der Waals surface area contributed by atoms with E-state index < -0.39 is 5.97 Å². The number of rotatable bonds is 4. The molecule has 1 aliphatic heterocycles. The highest BCUT2D eigenvalue weighted by atomic mass is 32.1. The number of hydrogen-bond acceptors (Lipinski definition) is 5. The molecule has 1 saturated heterocycles. The molecule has 0 saturated carbocycles. The maximum atomic E-state index is 11.8. The molecule has 1 aromatic heterocycles. The molecule has 25 heavy (non-hydrogen) atoms. The van der Waals surface area contributed by atoms with Gasteiger partial charge in [-0.3, -0.25) is 4.79 Å². The molecule has 0 aliphatic carbocycles. The number of carbonyl (C=O) groups excluding carboxylic acids is 2. The van der Waals surface area contributed by atoms with Crippen LogP contribution >= 0.6 is 11.3 Å². The quantitative estimate of drug-likeness (QED) is 0.480. The van der Waals surface area contributed by atoms with Crippen LogP contribution in [-0.2, 0) is 9.59 Å². The van der Waals surface area contributed by atoms with Gasteiger partial charge in [-0.2, -0.15) is 0 Å². The van der Waals surface area contributed by atoms with Crippen molar-refractivity contribution in [1.29, 1.82) is 0 Å². The van der Waals surface area contributed by atoms with Crippen LogP contribution in [0.4, 0.5) is 5.69 Å². The molecule has 3 rings (SSSR count). The largest absolute Gasteiger partial charge is 0.423 e. The molecule has 2 aromatic rings. The molecule has 2 heterocycles. The zero-order chi connectivity index (χ0) is 17.6. The molecule has 1 aromatic carbocycles. The number of esters is 1. The first kappa shape index (κ1) is 17.2. The number of thiophene rings is 1. The number of piperazine rings is 1. The third-order valence-corrected chi connectivity index (χ3v) is 4.91. The van der Waals surface area contributed by atoms with Crippen molar-refractivity contribution in [3.05, 3.63) is 52.7 Å². The molecular formula is C19H20N2O3S. The van der Waals surface area contributed by atoms with Crippen LogP contribution in [0.2, 0.25) is 0 Å². The summed E-state index contributed by atoms with van der Waals surface area (Å²) in [6.45, 7) is 4.69. The minimum Gasteiger partial charge on any atom is -0.423 e. The van der Waals surface area contributed by atoms with Gasteiger partial charge >= 0.3 is 5.97 Å². The van der Waals surface area contributed by atoms with Crippen molar-refractivity contribution in [2.24, 2.45) is 0 Å². The van der Waals surface area contributed by atoms with Crippen molar-refractivity contribution < 1.29 is 14.3 Å². The lowest BCUT2D eigenvalue weighted by Crippen LogP contribution is -2.48. The summed E-state index contributed by atoms with van der Waals surface area (Å²) in [5, 5.41) is 1.96. The van der Waals surface area contributed by atoms with Crippen molar-refractivity contribution in [3.8, 4) is 5.75 Å². The molecule has 5 nitrogen and oxygen atoms in total. The minimum absolute atomic E-state index is 0.123. The summed E-state index contributed by atoms with van der Waals surface area (Å²) in [6.07, 6.45) is 3.18. The Morgan fingerprint density at radius 1 is 1.08 bits per heavy atom. The minimum atomic E-state index is -0.392. The zero-order valence-electron chi connectivity index (χ0n) is 14.1. The van der Waals surface area contributed by atoms with Crippen LogP contribution in [0.3, 0.4) is 0 Å². The second kappa shape index (κ2) is 7.98. The number of hydrogen-bond donors (Lipinski definition) is 0. The summed E-state index contributed by atoms with van der Waals surface area (Å²) in [5.74, 6) is 0.251. The Kier molecular flexibility index (Phi) is 5.50. The summed E-state index contributed by atoms with van der Waals surface area (Å²) in [7, 11) is 0. The average molecular weight is 356 g/mol. The average Bonchev–Trinajstić information content (AvgIpc) is 3.14. The lowest BCUT2D eigenvalue weighted by molar-refractivity contribution is -0.129. The van der Waals surface area contributed by atoms with Gasteiger partial charge in [-0.25, -0.2) is 4.79 Å². The zero-order valence-corrected chi connectivity index (χ0v) is 14.9. The Morgan fingerprint density at radius 2 is 1.80 bits per heavy atom. The van der Waals surface area contributed by atoms with Crippen LogP contribution < -0.4 is 9.64 Å². The summed E-state index contributed by atoms with van der Waals surface area (Å²) < 4.78 is 5.31. The maximum absolute atomic E-state index is 11.8. The van der Waals surface area contributed by atoms with E-state index in [1.165, 1.54) is 6.08 Å². The second-order valence-electron chi connectivity index (χ2n) is 5.76. The van der Waals surface area contributed by atoms with Crippen molar-refractivity contribution >= 4 is 35.0 Å². The molecule has 0 unspecified atom stereocenters. The van der Waals surface area contributed by atoms with E-state index in [-0.39, 0.29) is 5.91 Å².